The molecule has 1 aliphatic rings. The maximum absolute atomic E-state index is 12.5. The van der Waals surface area contributed by atoms with Crippen molar-refractivity contribution in [3.05, 3.63) is 45.3 Å². The van der Waals surface area contributed by atoms with Crippen LogP contribution in [-0.2, 0) is 6.42 Å². The average molecular weight is 248 g/mol. The standard InChI is InChI=1S/C14H14ClNO/c1-2-10-8-9-4-3-5-12(15)13(9)14(17)16(10)11-6-7-11/h3-5,8,11H,2,6-7H2,1H3. The molecule has 0 unspecified atom stereocenters. The van der Waals surface area contributed by atoms with Gasteiger partial charge in [0.1, 0.15) is 0 Å². The van der Waals surface area contributed by atoms with Crippen LogP contribution in [0.4, 0.5) is 0 Å². The number of aromatic nitrogens is 1. The van der Waals surface area contributed by atoms with Crippen molar-refractivity contribution in [2.75, 3.05) is 0 Å². The maximum atomic E-state index is 12.5. The van der Waals surface area contributed by atoms with E-state index in [1.807, 2.05) is 16.7 Å². The highest BCUT2D eigenvalue weighted by molar-refractivity contribution is 6.35. The van der Waals surface area contributed by atoms with E-state index in [-0.39, 0.29) is 5.56 Å². The summed E-state index contributed by atoms with van der Waals surface area (Å²) in [6.45, 7) is 2.09. The van der Waals surface area contributed by atoms with Gasteiger partial charge < -0.3 is 4.57 Å². The van der Waals surface area contributed by atoms with E-state index in [1.54, 1.807) is 6.07 Å². The topological polar surface area (TPSA) is 22.0 Å². The van der Waals surface area contributed by atoms with E-state index in [0.29, 0.717) is 16.5 Å². The zero-order chi connectivity index (χ0) is 12.0. The van der Waals surface area contributed by atoms with Crippen LogP contribution >= 0.6 is 11.6 Å². The van der Waals surface area contributed by atoms with Crippen molar-refractivity contribution in [3.8, 4) is 0 Å². The van der Waals surface area contributed by atoms with Crippen molar-refractivity contribution in [2.24, 2.45) is 0 Å². The molecular weight excluding hydrogens is 234 g/mol. The molecule has 1 heterocycles. The van der Waals surface area contributed by atoms with Crippen LogP contribution in [0.1, 0.15) is 31.5 Å². The van der Waals surface area contributed by atoms with Gasteiger partial charge in [-0.25, -0.2) is 0 Å². The summed E-state index contributed by atoms with van der Waals surface area (Å²) in [5.41, 5.74) is 1.19. The van der Waals surface area contributed by atoms with Gasteiger partial charge in [0.2, 0.25) is 0 Å². The number of aryl methyl sites for hydroxylation is 1. The van der Waals surface area contributed by atoms with Gasteiger partial charge in [0.25, 0.3) is 5.56 Å². The number of fused-ring (bicyclic) bond motifs is 1. The van der Waals surface area contributed by atoms with Crippen molar-refractivity contribution in [1.29, 1.82) is 0 Å². The first-order chi connectivity index (χ1) is 8.22. The monoisotopic (exact) mass is 247 g/mol. The molecule has 3 rings (SSSR count). The number of benzene rings is 1. The number of halogens is 1. The summed E-state index contributed by atoms with van der Waals surface area (Å²) in [6.07, 6.45) is 3.11. The van der Waals surface area contributed by atoms with Gasteiger partial charge in [-0.1, -0.05) is 30.7 Å². The van der Waals surface area contributed by atoms with Gasteiger partial charge in [0, 0.05) is 11.7 Å². The quantitative estimate of drug-likeness (QED) is 0.796. The van der Waals surface area contributed by atoms with E-state index in [4.69, 9.17) is 11.6 Å². The summed E-state index contributed by atoms with van der Waals surface area (Å²) in [6, 6.07) is 8.14. The van der Waals surface area contributed by atoms with Crippen LogP contribution in [-0.4, -0.2) is 4.57 Å². The molecule has 3 heteroatoms. The van der Waals surface area contributed by atoms with Crippen LogP contribution in [0.2, 0.25) is 5.02 Å². The molecule has 1 aliphatic carbocycles. The van der Waals surface area contributed by atoms with Crippen molar-refractivity contribution in [3.63, 3.8) is 0 Å². The van der Waals surface area contributed by atoms with Gasteiger partial charge in [-0.3, -0.25) is 4.79 Å². The molecule has 0 aliphatic heterocycles. The highest BCUT2D eigenvalue weighted by atomic mass is 35.5. The predicted octanol–water partition coefficient (Wildman–Crippen LogP) is 3.55. The molecule has 88 valence electrons. The minimum absolute atomic E-state index is 0.0763. The summed E-state index contributed by atoms with van der Waals surface area (Å²) in [5.74, 6) is 0. The Balaban J connectivity index is 2.42. The third-order valence-electron chi connectivity index (χ3n) is 3.38. The lowest BCUT2D eigenvalue weighted by Crippen LogP contribution is -2.22. The Labute approximate surface area is 105 Å². The summed E-state index contributed by atoms with van der Waals surface area (Å²) in [7, 11) is 0. The smallest absolute Gasteiger partial charge is 0.260 e. The predicted molar refractivity (Wildman–Crippen MR) is 70.9 cm³/mol. The van der Waals surface area contributed by atoms with Crippen LogP contribution in [0.15, 0.2) is 29.1 Å². The summed E-state index contributed by atoms with van der Waals surface area (Å²) >= 11 is 6.14. The fraction of sp³-hybridized carbons (Fsp3) is 0.357. The van der Waals surface area contributed by atoms with Crippen LogP contribution in [0.25, 0.3) is 10.8 Å². The Kier molecular flexibility index (Phi) is 2.48. The first-order valence-electron chi connectivity index (χ1n) is 6.05. The minimum Gasteiger partial charge on any atom is -0.309 e. The molecule has 0 bridgehead atoms. The van der Waals surface area contributed by atoms with Gasteiger partial charge in [-0.2, -0.15) is 0 Å². The molecule has 2 aromatic rings. The normalized spacial score (nSPS) is 15.4. The zero-order valence-electron chi connectivity index (χ0n) is 9.74. The van der Waals surface area contributed by atoms with E-state index in [2.05, 4.69) is 13.0 Å². The third-order valence-corrected chi connectivity index (χ3v) is 3.70. The van der Waals surface area contributed by atoms with Crippen molar-refractivity contribution in [2.45, 2.75) is 32.2 Å². The molecule has 1 saturated carbocycles. The number of hydrogen-bond acceptors (Lipinski definition) is 1. The Morgan fingerprint density at radius 2 is 2.18 bits per heavy atom. The molecule has 1 fully saturated rings. The van der Waals surface area contributed by atoms with Crippen molar-refractivity contribution < 1.29 is 0 Å². The SMILES string of the molecule is CCc1cc2cccc(Cl)c2c(=O)n1C1CC1. The number of rotatable bonds is 2. The molecule has 0 atom stereocenters. The zero-order valence-corrected chi connectivity index (χ0v) is 10.5. The van der Waals surface area contributed by atoms with Gasteiger partial charge in [-0.15, -0.1) is 0 Å². The van der Waals surface area contributed by atoms with E-state index in [0.717, 1.165) is 30.3 Å². The molecule has 1 aromatic heterocycles. The maximum Gasteiger partial charge on any atom is 0.260 e. The highest BCUT2D eigenvalue weighted by Crippen LogP contribution is 2.35. The average Bonchev–Trinajstić information content (AvgIpc) is 3.12. The molecule has 0 N–H and O–H groups in total. The second-order valence-corrected chi connectivity index (χ2v) is 5.01. The first kappa shape index (κ1) is 10.8. The van der Waals surface area contributed by atoms with Crippen LogP contribution < -0.4 is 5.56 Å². The highest BCUT2D eigenvalue weighted by Gasteiger charge is 2.27. The molecule has 0 spiro atoms. The van der Waals surface area contributed by atoms with Gasteiger partial charge in [0.05, 0.1) is 10.4 Å². The van der Waals surface area contributed by atoms with Crippen molar-refractivity contribution in [1.82, 2.24) is 4.57 Å². The second kappa shape index (κ2) is 3.88. The molecule has 0 saturated heterocycles. The van der Waals surface area contributed by atoms with Gasteiger partial charge >= 0.3 is 0 Å². The van der Waals surface area contributed by atoms with Crippen LogP contribution in [0.5, 0.6) is 0 Å². The molecule has 17 heavy (non-hydrogen) atoms. The van der Waals surface area contributed by atoms with Gasteiger partial charge in [-0.05, 0) is 36.8 Å². The van der Waals surface area contributed by atoms with E-state index >= 15 is 0 Å². The minimum atomic E-state index is 0.0763. The number of hydrogen-bond donors (Lipinski definition) is 0. The molecular formula is C14H14ClNO. The number of nitrogens with zero attached hydrogens (tertiary/aromatic N) is 1. The second-order valence-electron chi connectivity index (χ2n) is 4.60. The summed E-state index contributed by atoms with van der Waals surface area (Å²) < 4.78 is 1.94. The Morgan fingerprint density at radius 3 is 2.82 bits per heavy atom. The van der Waals surface area contributed by atoms with Crippen LogP contribution in [0, 0.1) is 0 Å². The van der Waals surface area contributed by atoms with Gasteiger partial charge in [0.15, 0.2) is 0 Å². The fourth-order valence-corrected chi connectivity index (χ4v) is 2.65. The van der Waals surface area contributed by atoms with E-state index in [1.165, 1.54) is 0 Å². The fourth-order valence-electron chi connectivity index (χ4n) is 2.39. The Bertz CT molecular complexity index is 640. The first-order valence-corrected chi connectivity index (χ1v) is 6.43. The molecule has 1 aromatic carbocycles. The number of pyridine rings is 1. The summed E-state index contributed by atoms with van der Waals surface area (Å²) in [4.78, 5) is 12.5. The molecule has 2 nitrogen and oxygen atoms in total. The lowest BCUT2D eigenvalue weighted by Gasteiger charge is -2.12. The lowest BCUT2D eigenvalue weighted by atomic mass is 10.1. The van der Waals surface area contributed by atoms with E-state index in [9.17, 15) is 4.79 Å². The Hall–Kier alpha value is -1.28. The summed E-state index contributed by atoms with van der Waals surface area (Å²) in [5, 5.41) is 2.18. The Morgan fingerprint density at radius 1 is 1.41 bits per heavy atom. The largest absolute Gasteiger partial charge is 0.309 e. The van der Waals surface area contributed by atoms with E-state index < -0.39 is 0 Å². The van der Waals surface area contributed by atoms with Crippen molar-refractivity contribution >= 4 is 22.4 Å². The molecule has 0 radical (unpaired) electrons. The lowest BCUT2D eigenvalue weighted by molar-refractivity contribution is 0.670. The molecule has 0 amide bonds. The van der Waals surface area contributed by atoms with Crippen LogP contribution in [0.3, 0.4) is 0 Å². The third kappa shape index (κ3) is 1.67.